The third-order valence-corrected chi connectivity index (χ3v) is 4.48. The van der Waals surface area contributed by atoms with Crippen LogP contribution in [-0.4, -0.2) is 25.8 Å². The lowest BCUT2D eigenvalue weighted by molar-refractivity contribution is 0.609. The molecular weight excluding hydrogens is 306 g/mol. The molecule has 25 heavy (non-hydrogen) atoms. The molecule has 1 rings (SSSR count). The van der Waals surface area contributed by atoms with E-state index < -0.39 is 0 Å². The highest BCUT2D eigenvalue weighted by molar-refractivity contribution is 5.92. The maximum absolute atomic E-state index is 7.89. The van der Waals surface area contributed by atoms with Crippen LogP contribution in [0.2, 0.25) is 0 Å². The Hall–Kier alpha value is -1.87. The van der Waals surface area contributed by atoms with Crippen molar-refractivity contribution in [3.05, 3.63) is 53.2 Å². The molecule has 0 unspecified atom stereocenters. The Kier molecular flexibility index (Phi) is 10.6. The lowest BCUT2D eigenvalue weighted by Gasteiger charge is -2.09. The van der Waals surface area contributed by atoms with E-state index in [4.69, 9.17) is 5.41 Å². The molecule has 1 aromatic carbocycles. The molecule has 0 spiro atoms. The first-order chi connectivity index (χ1) is 12.1. The van der Waals surface area contributed by atoms with E-state index in [1.54, 1.807) is 0 Å². The van der Waals surface area contributed by atoms with E-state index in [9.17, 15) is 0 Å². The molecule has 138 valence electrons. The van der Waals surface area contributed by atoms with Gasteiger partial charge in [-0.25, -0.2) is 0 Å². The Morgan fingerprint density at radius 2 is 2.00 bits per heavy atom. The van der Waals surface area contributed by atoms with Crippen molar-refractivity contribution in [2.24, 2.45) is 0 Å². The van der Waals surface area contributed by atoms with Crippen LogP contribution in [0.3, 0.4) is 0 Å². The lowest BCUT2D eigenvalue weighted by atomic mass is 10.0. The normalized spacial score (nSPS) is 11.4. The summed E-state index contributed by atoms with van der Waals surface area (Å²) in [6, 6.07) is 6.70. The maximum Gasteiger partial charge on any atom is 0.0330 e. The van der Waals surface area contributed by atoms with Gasteiger partial charge in [0.25, 0.3) is 0 Å². The summed E-state index contributed by atoms with van der Waals surface area (Å²) in [5.41, 5.74) is 5.81. The van der Waals surface area contributed by atoms with Crippen LogP contribution in [0, 0.1) is 5.41 Å². The molecule has 0 radical (unpaired) electrons. The van der Waals surface area contributed by atoms with Crippen molar-refractivity contribution < 1.29 is 0 Å². The zero-order chi connectivity index (χ0) is 18.5. The number of hydrogen-bond acceptors (Lipinski definition) is 3. The fraction of sp³-hybridized carbons (Fsp3) is 0.500. The van der Waals surface area contributed by atoms with Crippen molar-refractivity contribution in [1.82, 2.24) is 10.6 Å². The molecule has 0 aliphatic heterocycles. The zero-order valence-electron chi connectivity index (χ0n) is 16.3. The van der Waals surface area contributed by atoms with Crippen molar-refractivity contribution in [1.29, 1.82) is 5.41 Å². The topological polar surface area (TPSA) is 47.9 Å². The highest BCUT2D eigenvalue weighted by Gasteiger charge is 2.00. The quantitative estimate of drug-likeness (QED) is 0.359. The minimum atomic E-state index is 0.717. The van der Waals surface area contributed by atoms with Crippen LogP contribution in [0.5, 0.6) is 0 Å². The van der Waals surface area contributed by atoms with Crippen LogP contribution >= 0.6 is 0 Å². The predicted octanol–water partition coefficient (Wildman–Crippen LogP) is 4.73. The fourth-order valence-corrected chi connectivity index (χ4v) is 2.83. The molecule has 0 aliphatic rings. The van der Waals surface area contributed by atoms with Crippen molar-refractivity contribution >= 4 is 11.8 Å². The minimum absolute atomic E-state index is 0.717. The van der Waals surface area contributed by atoms with Gasteiger partial charge in [0, 0.05) is 18.5 Å². The highest BCUT2D eigenvalue weighted by atomic mass is 14.8. The molecule has 0 fully saturated rings. The van der Waals surface area contributed by atoms with Gasteiger partial charge in [-0.15, -0.1) is 0 Å². The van der Waals surface area contributed by atoms with Crippen molar-refractivity contribution in [2.45, 2.75) is 52.4 Å². The Morgan fingerprint density at radius 1 is 1.20 bits per heavy atom. The summed E-state index contributed by atoms with van der Waals surface area (Å²) >= 11 is 0. The van der Waals surface area contributed by atoms with Gasteiger partial charge in [-0.1, -0.05) is 44.2 Å². The zero-order valence-corrected chi connectivity index (χ0v) is 16.3. The van der Waals surface area contributed by atoms with Crippen molar-refractivity contribution in [3.8, 4) is 0 Å². The monoisotopic (exact) mass is 341 g/mol. The van der Waals surface area contributed by atoms with Crippen LogP contribution in [0.4, 0.5) is 0 Å². The van der Waals surface area contributed by atoms with Crippen LogP contribution in [-0.2, 0) is 12.8 Å². The van der Waals surface area contributed by atoms with E-state index in [0.29, 0.717) is 0 Å². The minimum Gasteiger partial charge on any atom is -0.392 e. The maximum atomic E-state index is 7.89. The second-order valence-electron chi connectivity index (χ2n) is 6.50. The van der Waals surface area contributed by atoms with E-state index in [2.05, 4.69) is 42.3 Å². The van der Waals surface area contributed by atoms with E-state index in [-0.39, 0.29) is 0 Å². The molecular formula is C22H35N3. The van der Waals surface area contributed by atoms with E-state index in [1.807, 2.05) is 26.1 Å². The summed E-state index contributed by atoms with van der Waals surface area (Å²) in [7, 11) is 1.89. The van der Waals surface area contributed by atoms with Gasteiger partial charge >= 0.3 is 0 Å². The number of benzene rings is 1. The molecule has 0 bridgehead atoms. The van der Waals surface area contributed by atoms with Gasteiger partial charge in [0.05, 0.1) is 0 Å². The van der Waals surface area contributed by atoms with Gasteiger partial charge in [0.15, 0.2) is 0 Å². The van der Waals surface area contributed by atoms with Gasteiger partial charge in [-0.3, -0.25) is 0 Å². The summed E-state index contributed by atoms with van der Waals surface area (Å²) in [6.45, 7) is 10.1. The number of unbranched alkanes of at least 4 members (excludes halogenated alkanes) is 2. The molecule has 0 amide bonds. The predicted molar refractivity (Wildman–Crippen MR) is 111 cm³/mol. The molecule has 1 aromatic rings. The van der Waals surface area contributed by atoms with Gasteiger partial charge in [0.2, 0.25) is 0 Å². The van der Waals surface area contributed by atoms with Crippen LogP contribution in [0.15, 0.2) is 36.6 Å². The first-order valence-corrected chi connectivity index (χ1v) is 9.49. The van der Waals surface area contributed by atoms with Gasteiger partial charge < -0.3 is 16.0 Å². The van der Waals surface area contributed by atoms with E-state index in [0.717, 1.165) is 50.2 Å². The average molecular weight is 342 g/mol. The summed E-state index contributed by atoms with van der Waals surface area (Å²) in [4.78, 5) is 0. The van der Waals surface area contributed by atoms with Crippen LogP contribution in [0.25, 0.3) is 6.08 Å². The summed E-state index contributed by atoms with van der Waals surface area (Å²) in [6.07, 6.45) is 10.3. The molecule has 3 N–H and O–H groups in total. The standard InChI is InChI=1S/C22H35N3/c1-5-20-12-11-19(17-21(20)6-2)13-15-25-14-9-7-8-10-22(23)16-18(3)24-4/h5,11-12,16-17,23-25H,1,6-10,13-15H2,2-4H3/b18-16-,23-22?. The number of allylic oxidation sites excluding steroid dienone is 2. The second kappa shape index (κ2) is 12.5. The van der Waals surface area contributed by atoms with E-state index in [1.165, 1.54) is 29.5 Å². The largest absolute Gasteiger partial charge is 0.392 e. The Labute approximate surface area is 154 Å². The van der Waals surface area contributed by atoms with Gasteiger partial charge in [0.1, 0.15) is 0 Å². The average Bonchev–Trinajstić information content (AvgIpc) is 2.63. The Morgan fingerprint density at radius 3 is 2.68 bits per heavy atom. The van der Waals surface area contributed by atoms with E-state index >= 15 is 0 Å². The first kappa shape index (κ1) is 21.2. The van der Waals surface area contributed by atoms with Crippen molar-refractivity contribution in [2.75, 3.05) is 20.1 Å². The van der Waals surface area contributed by atoms with Crippen LogP contribution in [0.1, 0.15) is 56.2 Å². The molecule has 0 saturated carbocycles. The molecule has 0 aliphatic carbocycles. The number of rotatable bonds is 13. The lowest BCUT2D eigenvalue weighted by Crippen LogP contribution is -2.18. The third kappa shape index (κ3) is 8.69. The SMILES string of the molecule is C=Cc1ccc(CCNCCCCCC(=N)/C=C(/C)NC)cc1CC. The molecule has 0 heterocycles. The number of hydrogen-bond donors (Lipinski definition) is 3. The van der Waals surface area contributed by atoms with Gasteiger partial charge in [-0.05, 0) is 74.9 Å². The highest BCUT2D eigenvalue weighted by Crippen LogP contribution is 2.14. The van der Waals surface area contributed by atoms with Crippen molar-refractivity contribution in [3.63, 3.8) is 0 Å². The molecule has 0 aromatic heterocycles. The summed E-state index contributed by atoms with van der Waals surface area (Å²) in [5.74, 6) is 0. The fourth-order valence-electron chi connectivity index (χ4n) is 2.83. The smallest absolute Gasteiger partial charge is 0.0330 e. The molecule has 0 saturated heterocycles. The summed E-state index contributed by atoms with van der Waals surface area (Å²) < 4.78 is 0. The number of nitrogens with one attached hydrogen (secondary N) is 3. The van der Waals surface area contributed by atoms with Crippen LogP contribution < -0.4 is 10.6 Å². The van der Waals surface area contributed by atoms with Gasteiger partial charge in [-0.2, -0.15) is 0 Å². The summed E-state index contributed by atoms with van der Waals surface area (Å²) in [5, 5.41) is 14.5. The second-order valence-corrected chi connectivity index (χ2v) is 6.50. The molecule has 3 nitrogen and oxygen atoms in total. The Balaban J connectivity index is 2.13. The number of aryl methyl sites for hydroxylation is 1. The molecule has 0 atom stereocenters. The Bertz CT molecular complexity index is 573. The third-order valence-electron chi connectivity index (χ3n) is 4.48. The first-order valence-electron chi connectivity index (χ1n) is 9.49. The molecule has 3 heteroatoms.